The molecule has 0 heterocycles. The highest BCUT2D eigenvalue weighted by atomic mass is 19.4. The lowest BCUT2D eigenvalue weighted by Crippen LogP contribution is -2.32. The smallest absolute Gasteiger partial charge is 0.416 e. The Morgan fingerprint density at radius 1 is 1.30 bits per heavy atom. The normalized spacial score (nSPS) is 11.2. The van der Waals surface area contributed by atoms with Crippen LogP contribution in [0.15, 0.2) is 24.3 Å². The van der Waals surface area contributed by atoms with Crippen molar-refractivity contribution in [1.29, 1.82) is 0 Å². The van der Waals surface area contributed by atoms with Crippen LogP contribution in [-0.2, 0) is 15.8 Å². The fourth-order valence-electron chi connectivity index (χ4n) is 1.65. The molecule has 4 nitrogen and oxygen atoms in total. The zero-order chi connectivity index (χ0) is 15.3. The van der Waals surface area contributed by atoms with Crippen LogP contribution < -0.4 is 4.90 Å². The van der Waals surface area contributed by atoms with Crippen LogP contribution in [0.5, 0.6) is 0 Å². The third-order valence-electron chi connectivity index (χ3n) is 2.64. The van der Waals surface area contributed by atoms with Gasteiger partial charge in [-0.3, -0.25) is 9.59 Å². The molecule has 0 fully saturated rings. The molecule has 1 aromatic rings. The van der Waals surface area contributed by atoms with Gasteiger partial charge in [-0.1, -0.05) is 13.0 Å². The summed E-state index contributed by atoms with van der Waals surface area (Å²) in [4.78, 5) is 23.4. The fourth-order valence-corrected chi connectivity index (χ4v) is 1.65. The van der Waals surface area contributed by atoms with Gasteiger partial charge in [-0.05, 0) is 18.2 Å². The molecule has 1 aromatic carbocycles. The molecule has 20 heavy (non-hydrogen) atoms. The number of carbonyl (C=O) groups is 2. The van der Waals surface area contributed by atoms with Gasteiger partial charge in [0.25, 0.3) is 0 Å². The number of hydrogen-bond donors (Lipinski definition) is 1. The number of benzene rings is 1. The van der Waals surface area contributed by atoms with Gasteiger partial charge >= 0.3 is 12.1 Å². The molecular weight excluding hydrogens is 275 g/mol. The molecule has 0 unspecified atom stereocenters. The van der Waals surface area contributed by atoms with Crippen molar-refractivity contribution in [3.63, 3.8) is 0 Å². The molecule has 0 saturated heterocycles. The van der Waals surface area contributed by atoms with Crippen molar-refractivity contribution in [2.75, 3.05) is 11.4 Å². The molecule has 0 bridgehead atoms. The Labute approximate surface area is 113 Å². The lowest BCUT2D eigenvalue weighted by Gasteiger charge is -2.22. The van der Waals surface area contributed by atoms with Crippen molar-refractivity contribution in [3.8, 4) is 0 Å². The van der Waals surface area contributed by atoms with Crippen LogP contribution in [0.3, 0.4) is 0 Å². The van der Waals surface area contributed by atoms with E-state index in [0.717, 1.165) is 17.0 Å². The van der Waals surface area contributed by atoms with Gasteiger partial charge in [0.2, 0.25) is 5.91 Å². The van der Waals surface area contributed by atoms with Crippen LogP contribution in [0, 0.1) is 0 Å². The summed E-state index contributed by atoms with van der Waals surface area (Å²) in [7, 11) is 0. The Bertz CT molecular complexity index is 500. The van der Waals surface area contributed by atoms with E-state index in [1.54, 1.807) is 6.92 Å². The van der Waals surface area contributed by atoms with Crippen molar-refractivity contribution in [2.45, 2.75) is 25.9 Å². The summed E-state index contributed by atoms with van der Waals surface area (Å²) in [6.45, 7) is 1.40. The molecule has 1 amide bonds. The highest BCUT2D eigenvalue weighted by molar-refractivity contribution is 5.93. The molecule has 0 aromatic heterocycles. The van der Waals surface area contributed by atoms with E-state index in [-0.39, 0.29) is 25.1 Å². The molecule has 1 rings (SSSR count). The Morgan fingerprint density at radius 2 is 1.95 bits per heavy atom. The summed E-state index contributed by atoms with van der Waals surface area (Å²) in [6, 6.07) is 4.28. The van der Waals surface area contributed by atoms with Crippen molar-refractivity contribution < 1.29 is 27.9 Å². The van der Waals surface area contributed by atoms with Crippen LogP contribution in [0.1, 0.15) is 25.3 Å². The number of halogens is 3. The van der Waals surface area contributed by atoms with Crippen LogP contribution in [0.25, 0.3) is 0 Å². The molecule has 0 aliphatic heterocycles. The zero-order valence-corrected chi connectivity index (χ0v) is 10.8. The predicted molar refractivity (Wildman–Crippen MR) is 66.3 cm³/mol. The molecule has 0 saturated carbocycles. The maximum atomic E-state index is 12.6. The van der Waals surface area contributed by atoms with E-state index >= 15 is 0 Å². The number of alkyl halides is 3. The van der Waals surface area contributed by atoms with Gasteiger partial charge in [-0.2, -0.15) is 13.2 Å². The van der Waals surface area contributed by atoms with Crippen LogP contribution in [-0.4, -0.2) is 23.5 Å². The average Bonchev–Trinajstić information content (AvgIpc) is 2.37. The maximum Gasteiger partial charge on any atom is 0.416 e. The third-order valence-corrected chi connectivity index (χ3v) is 2.64. The average molecular weight is 289 g/mol. The largest absolute Gasteiger partial charge is 0.481 e. The summed E-state index contributed by atoms with van der Waals surface area (Å²) in [6.07, 6.45) is -4.76. The first-order valence-electron chi connectivity index (χ1n) is 5.95. The van der Waals surface area contributed by atoms with Gasteiger partial charge < -0.3 is 10.0 Å². The number of carbonyl (C=O) groups excluding carboxylic acids is 1. The predicted octanol–water partition coefficient (Wildman–Crippen LogP) is 2.92. The van der Waals surface area contributed by atoms with Crippen molar-refractivity contribution in [3.05, 3.63) is 29.8 Å². The number of aliphatic carboxylic acids is 1. The maximum absolute atomic E-state index is 12.6. The minimum atomic E-state index is -4.51. The molecule has 0 atom stereocenters. The summed E-state index contributed by atoms with van der Waals surface area (Å²) in [5.41, 5.74) is -0.827. The lowest BCUT2D eigenvalue weighted by molar-refractivity contribution is -0.138. The second kappa shape index (κ2) is 6.40. The molecule has 0 aliphatic carbocycles. The number of carboxylic acids is 1. The van der Waals surface area contributed by atoms with E-state index in [1.807, 2.05) is 0 Å². The number of nitrogens with zero attached hydrogens (tertiary/aromatic N) is 1. The minimum absolute atomic E-state index is 0.0490. The third kappa shape index (κ3) is 4.25. The number of anilines is 1. The van der Waals surface area contributed by atoms with Crippen molar-refractivity contribution >= 4 is 17.6 Å². The van der Waals surface area contributed by atoms with Gasteiger partial charge in [0.05, 0.1) is 12.0 Å². The first-order chi connectivity index (χ1) is 9.25. The first kappa shape index (κ1) is 16.0. The first-order valence-corrected chi connectivity index (χ1v) is 5.95. The molecule has 1 N–H and O–H groups in total. The van der Waals surface area contributed by atoms with Gasteiger partial charge in [0, 0.05) is 18.7 Å². The van der Waals surface area contributed by atoms with Crippen molar-refractivity contribution in [2.24, 2.45) is 0 Å². The molecule has 0 spiro atoms. The number of rotatable bonds is 5. The fraction of sp³-hybridized carbons (Fsp3) is 0.385. The van der Waals surface area contributed by atoms with E-state index in [4.69, 9.17) is 5.11 Å². The van der Waals surface area contributed by atoms with E-state index in [9.17, 15) is 22.8 Å². The van der Waals surface area contributed by atoms with Crippen molar-refractivity contribution in [1.82, 2.24) is 0 Å². The minimum Gasteiger partial charge on any atom is -0.481 e. The van der Waals surface area contributed by atoms with Crippen LogP contribution in [0.2, 0.25) is 0 Å². The summed E-state index contributed by atoms with van der Waals surface area (Å²) in [5.74, 6) is -1.54. The molecule has 7 heteroatoms. The Balaban J connectivity index is 3.07. The van der Waals surface area contributed by atoms with Gasteiger partial charge in [0.1, 0.15) is 0 Å². The second-order valence-electron chi connectivity index (χ2n) is 4.09. The highest BCUT2D eigenvalue weighted by Gasteiger charge is 2.31. The SMILES string of the molecule is CCC(=O)N(CCC(=O)O)c1cccc(C(F)(F)F)c1. The van der Waals surface area contributed by atoms with Gasteiger partial charge in [-0.25, -0.2) is 0 Å². The summed E-state index contributed by atoms with van der Waals surface area (Å²) in [5, 5.41) is 8.63. The van der Waals surface area contributed by atoms with Crippen LogP contribution >= 0.6 is 0 Å². The monoisotopic (exact) mass is 289 g/mol. The number of amides is 1. The van der Waals surface area contributed by atoms with E-state index < -0.39 is 23.6 Å². The molecule has 0 radical (unpaired) electrons. The molecular formula is C13H14F3NO3. The molecule has 110 valence electrons. The summed E-state index contributed by atoms with van der Waals surface area (Å²) < 4.78 is 37.9. The molecule has 0 aliphatic rings. The topological polar surface area (TPSA) is 57.6 Å². The Hall–Kier alpha value is -2.05. The Kier molecular flexibility index (Phi) is 5.12. The standard InChI is InChI=1S/C13H14F3NO3/c1-2-11(18)17(7-6-12(19)20)10-5-3-4-9(8-10)13(14,15)16/h3-5,8H,2,6-7H2,1H3,(H,19,20). The van der Waals surface area contributed by atoms with Crippen LogP contribution in [0.4, 0.5) is 18.9 Å². The quantitative estimate of drug-likeness (QED) is 0.906. The summed E-state index contributed by atoms with van der Waals surface area (Å²) >= 11 is 0. The van der Waals surface area contributed by atoms with E-state index in [0.29, 0.717) is 0 Å². The zero-order valence-electron chi connectivity index (χ0n) is 10.8. The Morgan fingerprint density at radius 3 is 2.45 bits per heavy atom. The highest BCUT2D eigenvalue weighted by Crippen LogP contribution is 2.31. The van der Waals surface area contributed by atoms with Gasteiger partial charge in [0.15, 0.2) is 0 Å². The second-order valence-corrected chi connectivity index (χ2v) is 4.09. The van der Waals surface area contributed by atoms with Gasteiger partial charge in [-0.15, -0.1) is 0 Å². The lowest BCUT2D eigenvalue weighted by atomic mass is 10.1. The number of carboxylic acid groups (broad SMARTS) is 1. The van der Waals surface area contributed by atoms with E-state index in [2.05, 4.69) is 0 Å². The number of hydrogen-bond acceptors (Lipinski definition) is 2. The van der Waals surface area contributed by atoms with E-state index in [1.165, 1.54) is 12.1 Å².